The van der Waals surface area contributed by atoms with Crippen LogP contribution in [0.4, 0.5) is 5.69 Å². The second kappa shape index (κ2) is 6.60. The van der Waals surface area contributed by atoms with Gasteiger partial charge in [-0.15, -0.1) is 0 Å². The van der Waals surface area contributed by atoms with Crippen LogP contribution in [0.15, 0.2) is 78.5 Å². The van der Waals surface area contributed by atoms with Crippen molar-refractivity contribution in [3.8, 4) is 0 Å². The molecular weight excluding hydrogens is 230 g/mol. The maximum Gasteiger partial charge on any atom is 0.0403 e. The van der Waals surface area contributed by atoms with E-state index in [0.717, 1.165) is 0 Å². The van der Waals surface area contributed by atoms with Crippen molar-refractivity contribution in [3.63, 3.8) is 0 Å². The van der Waals surface area contributed by atoms with Crippen LogP contribution < -0.4 is 4.90 Å². The first-order valence-corrected chi connectivity index (χ1v) is 6.45. The van der Waals surface area contributed by atoms with Crippen molar-refractivity contribution in [2.75, 3.05) is 11.9 Å². The van der Waals surface area contributed by atoms with E-state index in [2.05, 4.69) is 73.6 Å². The number of hydrogen-bond acceptors (Lipinski definition) is 1. The number of allylic oxidation sites excluding steroid dienone is 2. The van der Waals surface area contributed by atoms with Gasteiger partial charge in [-0.1, -0.05) is 54.6 Å². The molecule has 2 rings (SSSR count). The third-order valence-corrected chi connectivity index (χ3v) is 2.92. The Balaban J connectivity index is 2.04. The lowest BCUT2D eigenvalue weighted by molar-refractivity contribution is 1.20. The fourth-order valence-electron chi connectivity index (χ4n) is 1.84. The molecule has 0 fully saturated rings. The third kappa shape index (κ3) is 4.14. The number of para-hydroxylation sites is 1. The van der Waals surface area contributed by atoms with Gasteiger partial charge in [0.05, 0.1) is 0 Å². The highest BCUT2D eigenvalue weighted by molar-refractivity contribution is 5.56. The van der Waals surface area contributed by atoms with Crippen molar-refractivity contribution in [1.29, 1.82) is 0 Å². The lowest BCUT2D eigenvalue weighted by atomic mass is 10.1. The summed E-state index contributed by atoms with van der Waals surface area (Å²) >= 11 is 0. The highest BCUT2D eigenvalue weighted by Crippen LogP contribution is 2.12. The first kappa shape index (κ1) is 13.2. The van der Waals surface area contributed by atoms with E-state index in [4.69, 9.17) is 0 Å². The van der Waals surface area contributed by atoms with E-state index >= 15 is 0 Å². The van der Waals surface area contributed by atoms with Crippen LogP contribution in [0.25, 0.3) is 6.08 Å². The van der Waals surface area contributed by atoms with Crippen molar-refractivity contribution in [2.45, 2.75) is 6.92 Å². The molecule has 0 spiro atoms. The molecule has 0 heterocycles. The van der Waals surface area contributed by atoms with Crippen LogP contribution in [0.1, 0.15) is 12.5 Å². The molecule has 1 heteroatoms. The fraction of sp³-hybridized carbons (Fsp3) is 0.111. The molecule has 0 saturated carbocycles. The van der Waals surface area contributed by atoms with E-state index in [9.17, 15) is 0 Å². The van der Waals surface area contributed by atoms with Gasteiger partial charge in [-0.3, -0.25) is 0 Å². The van der Waals surface area contributed by atoms with Crippen molar-refractivity contribution >= 4 is 11.8 Å². The number of anilines is 1. The van der Waals surface area contributed by atoms with Gasteiger partial charge in [0.2, 0.25) is 0 Å². The summed E-state index contributed by atoms with van der Waals surface area (Å²) in [5.41, 5.74) is 3.65. The molecule has 96 valence electrons. The molecule has 2 aromatic carbocycles. The highest BCUT2D eigenvalue weighted by Gasteiger charge is 1.94. The van der Waals surface area contributed by atoms with E-state index < -0.39 is 0 Å². The summed E-state index contributed by atoms with van der Waals surface area (Å²) < 4.78 is 0. The Labute approximate surface area is 115 Å². The van der Waals surface area contributed by atoms with Gasteiger partial charge in [0.25, 0.3) is 0 Å². The molecule has 0 aliphatic heterocycles. The van der Waals surface area contributed by atoms with Crippen LogP contribution in [0.5, 0.6) is 0 Å². The Morgan fingerprint density at radius 2 is 1.47 bits per heavy atom. The summed E-state index contributed by atoms with van der Waals surface area (Å²) in [7, 11) is 2.06. The predicted molar refractivity (Wildman–Crippen MR) is 84.1 cm³/mol. The zero-order valence-corrected chi connectivity index (χ0v) is 11.5. The minimum atomic E-state index is 1.19. The Morgan fingerprint density at radius 1 is 0.895 bits per heavy atom. The quantitative estimate of drug-likeness (QED) is 0.707. The van der Waals surface area contributed by atoms with E-state index in [1.54, 1.807) is 0 Å². The number of hydrogen-bond donors (Lipinski definition) is 0. The van der Waals surface area contributed by atoms with Gasteiger partial charge >= 0.3 is 0 Å². The van der Waals surface area contributed by atoms with E-state index in [-0.39, 0.29) is 0 Å². The monoisotopic (exact) mass is 249 g/mol. The molecule has 0 bridgehead atoms. The SMILES string of the molecule is CC(/C=C/N(C)c1ccccc1)=C\c1ccccc1. The molecular formula is C18H19N. The van der Waals surface area contributed by atoms with E-state index in [1.807, 2.05) is 24.3 Å². The summed E-state index contributed by atoms with van der Waals surface area (Å²) in [6, 6.07) is 20.7. The standard InChI is InChI=1S/C18H19N/c1-16(15-17-9-5-3-6-10-17)13-14-19(2)18-11-7-4-8-12-18/h3-15H,1-2H3/b14-13+,16-15+. The molecule has 0 aromatic heterocycles. The number of benzene rings is 2. The maximum absolute atomic E-state index is 2.18. The average molecular weight is 249 g/mol. The molecule has 0 N–H and O–H groups in total. The molecule has 19 heavy (non-hydrogen) atoms. The van der Waals surface area contributed by atoms with Crippen LogP contribution in [0.2, 0.25) is 0 Å². The van der Waals surface area contributed by atoms with E-state index in [1.165, 1.54) is 16.8 Å². The highest BCUT2D eigenvalue weighted by atomic mass is 15.1. The minimum Gasteiger partial charge on any atom is -0.351 e. The third-order valence-electron chi connectivity index (χ3n) is 2.92. The molecule has 0 unspecified atom stereocenters. The number of rotatable bonds is 4. The Morgan fingerprint density at radius 3 is 2.11 bits per heavy atom. The smallest absolute Gasteiger partial charge is 0.0403 e. The lowest BCUT2D eigenvalue weighted by Gasteiger charge is -2.13. The summed E-state index contributed by atoms with van der Waals surface area (Å²) in [5.74, 6) is 0. The zero-order valence-electron chi connectivity index (χ0n) is 11.5. The largest absolute Gasteiger partial charge is 0.351 e. The second-order valence-corrected chi connectivity index (χ2v) is 4.56. The van der Waals surface area contributed by atoms with Gasteiger partial charge in [-0.05, 0) is 36.3 Å². The summed E-state index contributed by atoms with van der Waals surface area (Å²) in [4.78, 5) is 2.11. The summed E-state index contributed by atoms with van der Waals surface area (Å²) in [6.45, 7) is 2.11. The zero-order chi connectivity index (χ0) is 13.5. The summed E-state index contributed by atoms with van der Waals surface area (Å²) in [6.07, 6.45) is 6.39. The topological polar surface area (TPSA) is 3.24 Å². The van der Waals surface area contributed by atoms with Crippen molar-refractivity contribution < 1.29 is 0 Å². The number of nitrogens with zero attached hydrogens (tertiary/aromatic N) is 1. The van der Waals surface area contributed by atoms with E-state index in [0.29, 0.717) is 0 Å². The first-order chi connectivity index (χ1) is 9.25. The molecule has 1 nitrogen and oxygen atoms in total. The second-order valence-electron chi connectivity index (χ2n) is 4.56. The Kier molecular flexibility index (Phi) is 4.57. The molecule has 0 aliphatic carbocycles. The van der Waals surface area contributed by atoms with Gasteiger partial charge in [-0.25, -0.2) is 0 Å². The molecule has 0 saturated heterocycles. The van der Waals surface area contributed by atoms with Crippen molar-refractivity contribution in [2.24, 2.45) is 0 Å². The minimum absolute atomic E-state index is 1.19. The van der Waals surface area contributed by atoms with Crippen LogP contribution in [0.3, 0.4) is 0 Å². The summed E-state index contributed by atoms with van der Waals surface area (Å²) in [5, 5.41) is 0. The van der Waals surface area contributed by atoms with Crippen molar-refractivity contribution in [3.05, 3.63) is 84.1 Å². The van der Waals surface area contributed by atoms with Gasteiger partial charge in [0.1, 0.15) is 0 Å². The van der Waals surface area contributed by atoms with Gasteiger partial charge < -0.3 is 4.90 Å². The first-order valence-electron chi connectivity index (χ1n) is 6.45. The van der Waals surface area contributed by atoms with Crippen LogP contribution >= 0.6 is 0 Å². The lowest BCUT2D eigenvalue weighted by Crippen LogP contribution is -2.07. The van der Waals surface area contributed by atoms with Gasteiger partial charge in [0, 0.05) is 18.9 Å². The van der Waals surface area contributed by atoms with Crippen LogP contribution in [-0.4, -0.2) is 7.05 Å². The maximum atomic E-state index is 2.18. The molecule has 2 aromatic rings. The molecule has 0 amide bonds. The van der Waals surface area contributed by atoms with Gasteiger partial charge in [-0.2, -0.15) is 0 Å². The average Bonchev–Trinajstić information content (AvgIpc) is 2.47. The van der Waals surface area contributed by atoms with Crippen LogP contribution in [-0.2, 0) is 0 Å². The predicted octanol–water partition coefficient (Wildman–Crippen LogP) is 4.74. The Hall–Kier alpha value is -2.28. The normalized spacial score (nSPS) is 11.8. The van der Waals surface area contributed by atoms with Crippen LogP contribution in [0, 0.1) is 0 Å². The Bertz CT molecular complexity index is 553. The fourth-order valence-corrected chi connectivity index (χ4v) is 1.84. The van der Waals surface area contributed by atoms with Gasteiger partial charge in [0.15, 0.2) is 0 Å². The van der Waals surface area contributed by atoms with Crippen molar-refractivity contribution in [1.82, 2.24) is 0 Å². The molecule has 0 radical (unpaired) electrons. The molecule has 0 aliphatic rings. The molecule has 0 atom stereocenters.